The Morgan fingerprint density at radius 3 is 2.26 bits per heavy atom. The van der Waals surface area contributed by atoms with Crippen molar-refractivity contribution in [2.75, 3.05) is 19.6 Å². The van der Waals surface area contributed by atoms with Crippen molar-refractivity contribution in [3.63, 3.8) is 0 Å². The number of nitrogens with zero attached hydrogens (tertiary/aromatic N) is 2. The van der Waals surface area contributed by atoms with E-state index in [0.717, 1.165) is 35.2 Å². The average molecular weight is 376 g/mol. The molecule has 0 spiro atoms. The summed E-state index contributed by atoms with van der Waals surface area (Å²) in [5.74, 6) is 0. The number of aliphatic hydroxyl groups is 1. The Hall–Kier alpha value is -2.54. The third-order valence-electron chi connectivity index (χ3n) is 5.17. The maximum absolute atomic E-state index is 12.7. The number of fused-ring (bicyclic) bond motifs is 1. The second-order valence-electron chi connectivity index (χ2n) is 7.07. The highest BCUT2D eigenvalue weighted by atomic mass is 19.4. The van der Waals surface area contributed by atoms with Crippen LogP contribution >= 0.6 is 0 Å². The second kappa shape index (κ2) is 6.56. The van der Waals surface area contributed by atoms with E-state index in [2.05, 4.69) is 0 Å². The number of β-amino-alcohol motifs (C(OH)–C–C–N with tert-alkyl or cyclic N) is 1. The minimum absolute atomic E-state index is 0.0779. The van der Waals surface area contributed by atoms with Crippen LogP contribution in [0.1, 0.15) is 16.7 Å². The highest BCUT2D eigenvalue weighted by molar-refractivity contribution is 5.76. The number of alkyl halides is 3. The van der Waals surface area contributed by atoms with Gasteiger partial charge in [0.15, 0.2) is 0 Å². The number of rotatable bonds is 1. The lowest BCUT2D eigenvalue weighted by Gasteiger charge is -2.40. The number of likely N-dealkylation sites (tertiary alicyclic amines) is 1. The van der Waals surface area contributed by atoms with Gasteiger partial charge in [0.05, 0.1) is 24.8 Å². The third-order valence-corrected chi connectivity index (χ3v) is 5.17. The molecule has 2 aromatic rings. The smallest absolute Gasteiger partial charge is 0.389 e. The van der Waals surface area contributed by atoms with E-state index in [4.69, 9.17) is 0 Å². The van der Waals surface area contributed by atoms with Crippen LogP contribution < -0.4 is 0 Å². The van der Waals surface area contributed by atoms with Gasteiger partial charge in [0.25, 0.3) is 0 Å². The van der Waals surface area contributed by atoms with Crippen LogP contribution in [0, 0.1) is 0 Å². The molecule has 0 radical (unpaired) electrons. The monoisotopic (exact) mass is 376 g/mol. The molecule has 1 N–H and O–H groups in total. The van der Waals surface area contributed by atoms with Gasteiger partial charge in [0.2, 0.25) is 0 Å². The number of halogens is 3. The van der Waals surface area contributed by atoms with Gasteiger partial charge in [0.1, 0.15) is 0 Å². The molecule has 0 aromatic heterocycles. The SMILES string of the molecule is O=C(N1CCc2ccc(-c3ccc(C(F)(F)F)cc3)cc2C1)N1CC(O)C1. The molecule has 2 aliphatic rings. The van der Waals surface area contributed by atoms with Crippen molar-refractivity contribution in [2.45, 2.75) is 25.2 Å². The summed E-state index contributed by atoms with van der Waals surface area (Å²) in [5, 5.41) is 9.37. The van der Waals surface area contributed by atoms with Crippen molar-refractivity contribution in [2.24, 2.45) is 0 Å². The third kappa shape index (κ3) is 3.51. The van der Waals surface area contributed by atoms with Crippen LogP contribution in [-0.4, -0.2) is 46.7 Å². The van der Waals surface area contributed by atoms with Gasteiger partial charge in [-0.2, -0.15) is 13.2 Å². The van der Waals surface area contributed by atoms with E-state index < -0.39 is 17.8 Å². The number of carbonyl (C=O) groups is 1. The molecule has 1 fully saturated rings. The Labute approximate surface area is 154 Å². The Bertz CT molecular complexity index is 859. The van der Waals surface area contributed by atoms with Crippen LogP contribution in [0.3, 0.4) is 0 Å². The zero-order chi connectivity index (χ0) is 19.2. The number of hydrogen-bond donors (Lipinski definition) is 1. The maximum Gasteiger partial charge on any atom is 0.416 e. The molecular weight excluding hydrogens is 357 g/mol. The van der Waals surface area contributed by atoms with Crippen LogP contribution in [0.15, 0.2) is 42.5 Å². The molecule has 2 aliphatic heterocycles. The molecule has 27 heavy (non-hydrogen) atoms. The van der Waals surface area contributed by atoms with E-state index in [9.17, 15) is 23.1 Å². The molecule has 142 valence electrons. The van der Waals surface area contributed by atoms with Crippen molar-refractivity contribution >= 4 is 6.03 Å². The molecular formula is C20H19F3N2O2. The summed E-state index contributed by atoms with van der Waals surface area (Å²) < 4.78 is 38.2. The Morgan fingerprint density at radius 1 is 0.963 bits per heavy atom. The van der Waals surface area contributed by atoms with Crippen LogP contribution in [-0.2, 0) is 19.1 Å². The van der Waals surface area contributed by atoms with E-state index in [0.29, 0.717) is 31.7 Å². The molecule has 7 heteroatoms. The van der Waals surface area contributed by atoms with E-state index >= 15 is 0 Å². The molecule has 2 aromatic carbocycles. The van der Waals surface area contributed by atoms with Crippen LogP contribution in [0.4, 0.5) is 18.0 Å². The lowest BCUT2D eigenvalue weighted by molar-refractivity contribution is -0.137. The fourth-order valence-electron chi connectivity index (χ4n) is 3.56. The van der Waals surface area contributed by atoms with E-state index in [1.807, 2.05) is 18.2 Å². The first kappa shape index (κ1) is 17.9. The fraction of sp³-hybridized carbons (Fsp3) is 0.350. The summed E-state index contributed by atoms with van der Waals surface area (Å²) in [6, 6.07) is 10.9. The number of urea groups is 1. The number of amides is 2. The number of carbonyl (C=O) groups excluding carboxylic acids is 1. The standard InChI is InChI=1S/C20H19F3N2O2/c21-20(22,23)17-5-3-13(4-6-17)15-2-1-14-7-8-24(10-16(14)9-15)19(27)25-11-18(26)12-25/h1-6,9,18,26H,7-8,10-12H2. The second-order valence-corrected chi connectivity index (χ2v) is 7.07. The van der Waals surface area contributed by atoms with Gasteiger partial charge < -0.3 is 14.9 Å². The lowest BCUT2D eigenvalue weighted by Crippen LogP contribution is -2.58. The van der Waals surface area contributed by atoms with Crippen LogP contribution in [0.5, 0.6) is 0 Å². The van der Waals surface area contributed by atoms with Crippen molar-refractivity contribution in [1.29, 1.82) is 0 Å². The van der Waals surface area contributed by atoms with Gasteiger partial charge in [0, 0.05) is 13.1 Å². The van der Waals surface area contributed by atoms with Crippen LogP contribution in [0.2, 0.25) is 0 Å². The zero-order valence-corrected chi connectivity index (χ0v) is 14.5. The van der Waals surface area contributed by atoms with Gasteiger partial charge in [-0.15, -0.1) is 0 Å². The van der Waals surface area contributed by atoms with E-state index in [1.165, 1.54) is 12.1 Å². The topological polar surface area (TPSA) is 43.8 Å². The maximum atomic E-state index is 12.7. The number of hydrogen-bond acceptors (Lipinski definition) is 2. The predicted octanol–water partition coefficient (Wildman–Crippen LogP) is 3.53. The predicted molar refractivity (Wildman–Crippen MR) is 94.0 cm³/mol. The average Bonchev–Trinajstić information content (AvgIpc) is 2.63. The highest BCUT2D eigenvalue weighted by Gasteiger charge is 2.33. The summed E-state index contributed by atoms with van der Waals surface area (Å²) in [5.41, 5.74) is 3.03. The zero-order valence-electron chi connectivity index (χ0n) is 14.5. The first-order valence-corrected chi connectivity index (χ1v) is 8.82. The van der Waals surface area contributed by atoms with Gasteiger partial charge >= 0.3 is 12.2 Å². The Morgan fingerprint density at radius 2 is 1.63 bits per heavy atom. The van der Waals surface area contributed by atoms with Crippen molar-refractivity contribution < 1.29 is 23.1 Å². The van der Waals surface area contributed by atoms with Gasteiger partial charge in [-0.3, -0.25) is 0 Å². The fourth-order valence-corrected chi connectivity index (χ4v) is 3.56. The molecule has 0 atom stereocenters. The summed E-state index contributed by atoms with van der Waals surface area (Å²) in [7, 11) is 0. The van der Waals surface area contributed by atoms with E-state index in [1.54, 1.807) is 9.80 Å². The summed E-state index contributed by atoms with van der Waals surface area (Å²) in [6.07, 6.45) is -4.04. The van der Waals surface area contributed by atoms with E-state index in [-0.39, 0.29) is 6.03 Å². The molecule has 0 bridgehead atoms. The minimum atomic E-state index is -4.35. The number of benzene rings is 2. The van der Waals surface area contributed by atoms with Crippen LogP contribution in [0.25, 0.3) is 11.1 Å². The molecule has 2 amide bonds. The Kier molecular flexibility index (Phi) is 4.34. The summed E-state index contributed by atoms with van der Waals surface area (Å²) in [6.45, 7) is 1.83. The normalized spacial score (nSPS) is 17.5. The molecule has 2 heterocycles. The molecule has 4 rings (SSSR count). The molecule has 1 saturated heterocycles. The minimum Gasteiger partial charge on any atom is -0.389 e. The molecule has 0 saturated carbocycles. The van der Waals surface area contributed by atoms with Crippen molar-refractivity contribution in [3.05, 3.63) is 59.2 Å². The summed E-state index contributed by atoms with van der Waals surface area (Å²) in [4.78, 5) is 15.8. The first-order chi connectivity index (χ1) is 12.8. The quantitative estimate of drug-likeness (QED) is 0.828. The molecule has 0 aliphatic carbocycles. The lowest BCUT2D eigenvalue weighted by atomic mass is 9.94. The van der Waals surface area contributed by atoms with Gasteiger partial charge in [-0.05, 0) is 46.9 Å². The largest absolute Gasteiger partial charge is 0.416 e. The Balaban J connectivity index is 1.53. The molecule has 4 nitrogen and oxygen atoms in total. The highest BCUT2D eigenvalue weighted by Crippen LogP contribution is 2.32. The molecule has 0 unspecified atom stereocenters. The number of aliphatic hydroxyl groups excluding tert-OH is 1. The van der Waals surface area contributed by atoms with Crippen molar-refractivity contribution in [1.82, 2.24) is 9.80 Å². The van der Waals surface area contributed by atoms with Crippen molar-refractivity contribution in [3.8, 4) is 11.1 Å². The van der Waals surface area contributed by atoms with Gasteiger partial charge in [-0.1, -0.05) is 24.3 Å². The van der Waals surface area contributed by atoms with Gasteiger partial charge in [-0.25, -0.2) is 4.79 Å². The first-order valence-electron chi connectivity index (χ1n) is 8.82. The summed E-state index contributed by atoms with van der Waals surface area (Å²) >= 11 is 0.